The molecule has 0 aliphatic heterocycles. The maximum absolute atomic E-state index is 10.9. The van der Waals surface area contributed by atoms with Gasteiger partial charge in [-0.05, 0) is 18.9 Å². The van der Waals surface area contributed by atoms with E-state index in [9.17, 15) is 10.1 Å². The van der Waals surface area contributed by atoms with Crippen LogP contribution in [0, 0.1) is 10.1 Å². The summed E-state index contributed by atoms with van der Waals surface area (Å²) in [6.07, 6.45) is 2.00. The molecule has 18 heavy (non-hydrogen) atoms. The zero-order valence-electron chi connectivity index (χ0n) is 11.3. The first-order valence-electron chi connectivity index (χ1n) is 6.33. The second-order valence-corrected chi connectivity index (χ2v) is 4.34. The predicted molar refractivity (Wildman–Crippen MR) is 75.4 cm³/mol. The third-order valence-corrected chi connectivity index (χ3v) is 2.69. The number of nitro benzene ring substituents is 1. The van der Waals surface area contributed by atoms with Crippen molar-refractivity contribution in [3.8, 4) is 0 Å². The van der Waals surface area contributed by atoms with Gasteiger partial charge >= 0.3 is 0 Å². The second kappa shape index (κ2) is 6.83. The molecule has 0 fully saturated rings. The monoisotopic (exact) mass is 251 g/mol. The maximum Gasteiger partial charge on any atom is 0.273 e. The van der Waals surface area contributed by atoms with Crippen LogP contribution >= 0.6 is 0 Å². The second-order valence-electron chi connectivity index (χ2n) is 4.34. The van der Waals surface area contributed by atoms with Crippen LogP contribution < -0.4 is 10.2 Å². The third kappa shape index (κ3) is 3.91. The van der Waals surface area contributed by atoms with Gasteiger partial charge in [0.05, 0.1) is 4.92 Å². The van der Waals surface area contributed by atoms with Crippen molar-refractivity contribution in [1.29, 1.82) is 0 Å². The summed E-state index contributed by atoms with van der Waals surface area (Å²) < 4.78 is 0. The van der Waals surface area contributed by atoms with Gasteiger partial charge in [-0.3, -0.25) is 10.1 Å². The van der Waals surface area contributed by atoms with Crippen molar-refractivity contribution in [2.24, 2.45) is 0 Å². The minimum Gasteiger partial charge on any atom is -0.385 e. The standard InChI is InChI=1S/C13H21N3O2/c1-4-6-14-11-8-12(15(3)7-5-2)10-13(9-11)16(17)18/h8-10,14H,4-7H2,1-3H3. The lowest BCUT2D eigenvalue weighted by atomic mass is 10.2. The van der Waals surface area contributed by atoms with Gasteiger partial charge in [0.25, 0.3) is 5.69 Å². The fourth-order valence-electron chi connectivity index (χ4n) is 1.76. The van der Waals surface area contributed by atoms with Crippen molar-refractivity contribution in [2.75, 3.05) is 30.4 Å². The lowest BCUT2D eigenvalue weighted by molar-refractivity contribution is -0.384. The summed E-state index contributed by atoms with van der Waals surface area (Å²) in [4.78, 5) is 12.6. The van der Waals surface area contributed by atoms with Crippen molar-refractivity contribution in [3.63, 3.8) is 0 Å². The molecule has 0 amide bonds. The zero-order chi connectivity index (χ0) is 13.5. The molecule has 0 bridgehead atoms. The highest BCUT2D eigenvalue weighted by atomic mass is 16.6. The molecule has 0 unspecified atom stereocenters. The Morgan fingerprint density at radius 2 is 2.00 bits per heavy atom. The van der Waals surface area contributed by atoms with Crippen molar-refractivity contribution in [2.45, 2.75) is 26.7 Å². The molecule has 0 saturated heterocycles. The molecule has 1 aromatic carbocycles. The minimum atomic E-state index is -0.347. The van der Waals surface area contributed by atoms with Gasteiger partial charge in [-0.1, -0.05) is 13.8 Å². The van der Waals surface area contributed by atoms with E-state index < -0.39 is 0 Å². The van der Waals surface area contributed by atoms with Crippen LogP contribution in [0.2, 0.25) is 0 Å². The minimum absolute atomic E-state index is 0.133. The molecule has 100 valence electrons. The van der Waals surface area contributed by atoms with E-state index in [4.69, 9.17) is 0 Å². The van der Waals surface area contributed by atoms with E-state index in [0.717, 1.165) is 37.3 Å². The lowest BCUT2D eigenvalue weighted by Crippen LogP contribution is -2.18. The smallest absolute Gasteiger partial charge is 0.273 e. The van der Waals surface area contributed by atoms with Crippen LogP contribution in [0.1, 0.15) is 26.7 Å². The normalized spacial score (nSPS) is 10.2. The van der Waals surface area contributed by atoms with Gasteiger partial charge in [-0.2, -0.15) is 0 Å². The van der Waals surface area contributed by atoms with Crippen LogP contribution in [-0.2, 0) is 0 Å². The summed E-state index contributed by atoms with van der Waals surface area (Å²) in [5.74, 6) is 0. The Balaban J connectivity index is 3.01. The number of nitrogens with one attached hydrogen (secondary N) is 1. The third-order valence-electron chi connectivity index (χ3n) is 2.69. The Labute approximate surface area is 108 Å². The molecule has 1 N–H and O–H groups in total. The van der Waals surface area contributed by atoms with E-state index in [1.807, 2.05) is 18.0 Å². The molecular weight excluding hydrogens is 230 g/mol. The Morgan fingerprint density at radius 3 is 2.56 bits per heavy atom. The summed E-state index contributed by atoms with van der Waals surface area (Å²) in [7, 11) is 1.95. The molecule has 0 heterocycles. The number of hydrogen-bond donors (Lipinski definition) is 1. The van der Waals surface area contributed by atoms with Crippen LogP contribution in [-0.4, -0.2) is 25.1 Å². The summed E-state index contributed by atoms with van der Waals surface area (Å²) in [5.41, 5.74) is 1.82. The number of nitrogens with zero attached hydrogens (tertiary/aromatic N) is 2. The maximum atomic E-state index is 10.9. The summed E-state index contributed by atoms with van der Waals surface area (Å²) in [6, 6.07) is 5.16. The fourth-order valence-corrected chi connectivity index (χ4v) is 1.76. The summed E-state index contributed by atoms with van der Waals surface area (Å²) >= 11 is 0. The fraction of sp³-hybridized carbons (Fsp3) is 0.538. The van der Waals surface area contributed by atoms with Crippen LogP contribution in [0.5, 0.6) is 0 Å². The van der Waals surface area contributed by atoms with E-state index in [1.54, 1.807) is 12.1 Å². The van der Waals surface area contributed by atoms with Gasteiger partial charge in [-0.15, -0.1) is 0 Å². The molecule has 0 spiro atoms. The Bertz CT molecular complexity index is 407. The molecule has 0 aromatic heterocycles. The van der Waals surface area contributed by atoms with Gasteiger partial charge in [-0.25, -0.2) is 0 Å². The first-order chi connectivity index (χ1) is 8.58. The quantitative estimate of drug-likeness (QED) is 0.597. The van der Waals surface area contributed by atoms with E-state index in [-0.39, 0.29) is 10.6 Å². The Hall–Kier alpha value is -1.78. The van der Waals surface area contributed by atoms with Crippen molar-refractivity contribution < 1.29 is 4.92 Å². The van der Waals surface area contributed by atoms with Gasteiger partial charge in [0, 0.05) is 43.6 Å². The number of nitro groups is 1. The number of benzene rings is 1. The van der Waals surface area contributed by atoms with E-state index in [2.05, 4.69) is 19.2 Å². The average Bonchev–Trinajstić information content (AvgIpc) is 2.36. The average molecular weight is 251 g/mol. The summed E-state index contributed by atoms with van der Waals surface area (Å²) in [5, 5.41) is 14.1. The SMILES string of the molecule is CCCNc1cc(N(C)CCC)cc([N+](=O)[O-])c1. The highest BCUT2D eigenvalue weighted by molar-refractivity contribution is 5.64. The van der Waals surface area contributed by atoms with Crippen LogP contribution in [0.15, 0.2) is 18.2 Å². The van der Waals surface area contributed by atoms with Gasteiger partial charge in [0.1, 0.15) is 0 Å². The first kappa shape index (κ1) is 14.3. The summed E-state index contributed by atoms with van der Waals surface area (Å²) in [6.45, 7) is 5.85. The Kier molecular flexibility index (Phi) is 5.42. The van der Waals surface area contributed by atoms with Crippen molar-refractivity contribution >= 4 is 17.1 Å². The molecule has 1 rings (SSSR count). The molecule has 0 saturated carbocycles. The number of hydrogen-bond acceptors (Lipinski definition) is 4. The highest BCUT2D eigenvalue weighted by Gasteiger charge is 2.11. The molecular formula is C13H21N3O2. The van der Waals surface area contributed by atoms with Crippen molar-refractivity contribution in [1.82, 2.24) is 0 Å². The molecule has 0 radical (unpaired) electrons. The molecule has 0 aliphatic rings. The topological polar surface area (TPSA) is 58.4 Å². The molecule has 5 heteroatoms. The molecule has 0 aliphatic carbocycles. The molecule has 1 aromatic rings. The van der Waals surface area contributed by atoms with E-state index in [0.29, 0.717) is 0 Å². The first-order valence-corrected chi connectivity index (χ1v) is 6.33. The van der Waals surface area contributed by atoms with Crippen LogP contribution in [0.4, 0.5) is 17.1 Å². The zero-order valence-corrected chi connectivity index (χ0v) is 11.3. The predicted octanol–water partition coefficient (Wildman–Crippen LogP) is 3.26. The van der Waals surface area contributed by atoms with Gasteiger partial charge in [0.15, 0.2) is 0 Å². The van der Waals surface area contributed by atoms with Crippen LogP contribution in [0.3, 0.4) is 0 Å². The van der Waals surface area contributed by atoms with Gasteiger partial charge < -0.3 is 10.2 Å². The molecule has 0 atom stereocenters. The van der Waals surface area contributed by atoms with E-state index in [1.165, 1.54) is 0 Å². The van der Waals surface area contributed by atoms with Crippen molar-refractivity contribution in [3.05, 3.63) is 28.3 Å². The Morgan fingerprint density at radius 1 is 1.28 bits per heavy atom. The van der Waals surface area contributed by atoms with E-state index >= 15 is 0 Å². The number of rotatable bonds is 7. The molecule has 5 nitrogen and oxygen atoms in total. The lowest BCUT2D eigenvalue weighted by Gasteiger charge is -2.19. The highest BCUT2D eigenvalue weighted by Crippen LogP contribution is 2.26. The largest absolute Gasteiger partial charge is 0.385 e. The number of non-ortho nitro benzene ring substituents is 1. The van der Waals surface area contributed by atoms with Crippen LogP contribution in [0.25, 0.3) is 0 Å². The van der Waals surface area contributed by atoms with Gasteiger partial charge in [0.2, 0.25) is 0 Å². The number of anilines is 2.